The van der Waals surface area contributed by atoms with Gasteiger partial charge in [0.25, 0.3) is 5.91 Å². The molecule has 0 radical (unpaired) electrons. The molecule has 110 valence electrons. The van der Waals surface area contributed by atoms with E-state index in [2.05, 4.69) is 23.3 Å². The van der Waals surface area contributed by atoms with Crippen molar-refractivity contribution in [2.45, 2.75) is 37.6 Å². The molecule has 0 aliphatic heterocycles. The fourth-order valence-electron chi connectivity index (χ4n) is 2.48. The second-order valence-electron chi connectivity index (χ2n) is 5.04. The molecular weight excluding hydrogens is 300 g/mol. The van der Waals surface area contributed by atoms with E-state index in [0.29, 0.717) is 0 Å². The Labute approximate surface area is 133 Å². The molecule has 0 saturated heterocycles. The Bertz CT molecular complexity index is 611. The van der Waals surface area contributed by atoms with E-state index in [4.69, 9.17) is 0 Å². The number of nitrogens with zero attached hydrogens (tertiary/aromatic N) is 1. The first-order valence-electron chi connectivity index (χ1n) is 7.28. The zero-order valence-corrected chi connectivity index (χ0v) is 13.6. The van der Waals surface area contributed by atoms with Gasteiger partial charge in [0.2, 0.25) is 0 Å². The number of thiophene rings is 1. The Hall–Kier alpha value is -1.33. The topological polar surface area (TPSA) is 42.0 Å². The predicted octanol–water partition coefficient (Wildman–Crippen LogP) is 4.39. The third-order valence-corrected chi connectivity index (χ3v) is 5.57. The van der Waals surface area contributed by atoms with Crippen molar-refractivity contribution >= 4 is 34.7 Å². The highest BCUT2D eigenvalue weighted by atomic mass is 32.2. The number of anilines is 1. The summed E-state index contributed by atoms with van der Waals surface area (Å²) in [5.74, 6) is 0.978. The zero-order chi connectivity index (χ0) is 14.7. The van der Waals surface area contributed by atoms with Crippen molar-refractivity contribution in [3.63, 3.8) is 0 Å². The molecule has 1 aliphatic rings. The molecule has 2 aromatic heterocycles. The van der Waals surface area contributed by atoms with E-state index < -0.39 is 0 Å². The molecule has 1 amide bonds. The van der Waals surface area contributed by atoms with Gasteiger partial charge < -0.3 is 5.32 Å². The fourth-order valence-corrected chi connectivity index (χ4v) is 4.22. The van der Waals surface area contributed by atoms with E-state index in [-0.39, 0.29) is 5.91 Å². The number of carbonyl (C=O) groups is 1. The second-order valence-corrected chi connectivity index (χ2v) is 7.46. The van der Waals surface area contributed by atoms with Gasteiger partial charge in [0.05, 0.1) is 21.8 Å². The number of amides is 1. The van der Waals surface area contributed by atoms with Crippen LogP contribution in [0.5, 0.6) is 0 Å². The van der Waals surface area contributed by atoms with Crippen molar-refractivity contribution in [2.24, 2.45) is 0 Å². The second kappa shape index (κ2) is 6.62. The lowest BCUT2D eigenvalue weighted by Crippen LogP contribution is -2.10. The normalized spacial score (nSPS) is 13.8. The lowest BCUT2D eigenvalue weighted by atomic mass is 9.99. The lowest BCUT2D eigenvalue weighted by Gasteiger charge is -2.08. The number of pyridine rings is 1. The van der Waals surface area contributed by atoms with E-state index >= 15 is 0 Å². The Balaban J connectivity index is 1.69. The van der Waals surface area contributed by atoms with Crippen molar-refractivity contribution in [2.75, 3.05) is 11.1 Å². The fraction of sp³-hybridized carbons (Fsp3) is 0.375. The van der Waals surface area contributed by atoms with Gasteiger partial charge in [-0.2, -0.15) is 0 Å². The van der Waals surface area contributed by atoms with Crippen LogP contribution in [0, 0.1) is 0 Å². The minimum absolute atomic E-state index is 0.0212. The molecule has 1 N–H and O–H groups in total. The smallest absolute Gasteiger partial charge is 0.265 e. The first kappa shape index (κ1) is 14.6. The summed E-state index contributed by atoms with van der Waals surface area (Å²) < 4.78 is 0. The van der Waals surface area contributed by atoms with Crippen molar-refractivity contribution < 1.29 is 4.79 Å². The lowest BCUT2D eigenvalue weighted by molar-refractivity contribution is 0.103. The van der Waals surface area contributed by atoms with Gasteiger partial charge in [-0.25, -0.2) is 4.98 Å². The van der Waals surface area contributed by atoms with Crippen LogP contribution in [0.1, 0.15) is 39.9 Å². The Morgan fingerprint density at radius 2 is 2.24 bits per heavy atom. The van der Waals surface area contributed by atoms with Crippen molar-refractivity contribution in [1.29, 1.82) is 0 Å². The molecule has 3 rings (SSSR count). The molecule has 2 aromatic rings. The van der Waals surface area contributed by atoms with Gasteiger partial charge in [-0.15, -0.1) is 23.1 Å². The first-order valence-corrected chi connectivity index (χ1v) is 9.08. The van der Waals surface area contributed by atoms with E-state index in [9.17, 15) is 4.79 Å². The number of thioether (sulfide) groups is 1. The SMILES string of the molecule is CCSc1ccc(NC(=O)c2cc3c(s2)CCCC3)cn1. The molecule has 0 atom stereocenters. The third-order valence-electron chi connectivity index (χ3n) is 3.51. The standard InChI is InChI=1S/C16H18N2OS2/c1-2-20-15-8-7-12(10-17-15)18-16(19)14-9-11-5-3-4-6-13(11)21-14/h7-10H,2-6H2,1H3,(H,18,19). The van der Waals surface area contributed by atoms with Crippen molar-refractivity contribution in [1.82, 2.24) is 4.98 Å². The Morgan fingerprint density at radius 3 is 2.95 bits per heavy atom. The summed E-state index contributed by atoms with van der Waals surface area (Å²) in [4.78, 5) is 18.8. The quantitative estimate of drug-likeness (QED) is 0.850. The van der Waals surface area contributed by atoms with Crippen LogP contribution in [0.25, 0.3) is 0 Å². The Kier molecular flexibility index (Phi) is 4.60. The number of carbonyl (C=O) groups excluding carboxylic acids is 1. The molecular formula is C16H18N2OS2. The number of rotatable bonds is 4. The number of aromatic nitrogens is 1. The van der Waals surface area contributed by atoms with Gasteiger partial charge >= 0.3 is 0 Å². The van der Waals surface area contributed by atoms with Crippen molar-refractivity contribution in [3.8, 4) is 0 Å². The van der Waals surface area contributed by atoms with Crippen LogP contribution in [-0.2, 0) is 12.8 Å². The van der Waals surface area contributed by atoms with E-state index in [0.717, 1.165) is 34.2 Å². The van der Waals surface area contributed by atoms with Gasteiger partial charge in [-0.1, -0.05) is 6.92 Å². The zero-order valence-electron chi connectivity index (χ0n) is 12.0. The largest absolute Gasteiger partial charge is 0.320 e. The van der Waals surface area contributed by atoms with Gasteiger partial charge in [-0.05, 0) is 55.2 Å². The predicted molar refractivity (Wildman–Crippen MR) is 89.5 cm³/mol. The summed E-state index contributed by atoms with van der Waals surface area (Å²) in [7, 11) is 0. The van der Waals surface area contributed by atoms with Gasteiger partial charge in [0, 0.05) is 4.88 Å². The van der Waals surface area contributed by atoms with Crippen molar-refractivity contribution in [3.05, 3.63) is 39.7 Å². The highest BCUT2D eigenvalue weighted by molar-refractivity contribution is 7.99. The summed E-state index contributed by atoms with van der Waals surface area (Å²) in [6.07, 6.45) is 6.45. The minimum Gasteiger partial charge on any atom is -0.320 e. The van der Waals surface area contributed by atoms with Gasteiger partial charge in [-0.3, -0.25) is 4.79 Å². The minimum atomic E-state index is -0.0212. The van der Waals surface area contributed by atoms with Crippen LogP contribution in [-0.4, -0.2) is 16.6 Å². The first-order chi connectivity index (χ1) is 10.3. The maximum Gasteiger partial charge on any atom is 0.265 e. The molecule has 0 bridgehead atoms. The van der Waals surface area contributed by atoms with E-state index in [1.807, 2.05) is 12.1 Å². The van der Waals surface area contributed by atoms with Crippen LogP contribution < -0.4 is 5.32 Å². The summed E-state index contributed by atoms with van der Waals surface area (Å²) >= 11 is 3.33. The van der Waals surface area contributed by atoms with Crippen LogP contribution in [0.15, 0.2) is 29.4 Å². The maximum atomic E-state index is 12.3. The summed E-state index contributed by atoms with van der Waals surface area (Å²) in [5.41, 5.74) is 2.12. The van der Waals surface area contributed by atoms with Gasteiger partial charge in [0.1, 0.15) is 0 Å². The number of nitrogens with one attached hydrogen (secondary N) is 1. The molecule has 0 unspecified atom stereocenters. The molecule has 0 saturated carbocycles. The highest BCUT2D eigenvalue weighted by Gasteiger charge is 2.17. The van der Waals surface area contributed by atoms with Crippen LogP contribution in [0.3, 0.4) is 0 Å². The summed E-state index contributed by atoms with van der Waals surface area (Å²) in [6.45, 7) is 2.10. The van der Waals surface area contributed by atoms with E-state index in [1.54, 1.807) is 29.3 Å². The monoisotopic (exact) mass is 318 g/mol. The Morgan fingerprint density at radius 1 is 1.38 bits per heavy atom. The van der Waals surface area contributed by atoms with Crippen LogP contribution in [0.4, 0.5) is 5.69 Å². The molecule has 21 heavy (non-hydrogen) atoms. The summed E-state index contributed by atoms with van der Waals surface area (Å²) in [6, 6.07) is 5.92. The third kappa shape index (κ3) is 3.47. The van der Waals surface area contributed by atoms with Crippen LogP contribution in [0.2, 0.25) is 0 Å². The molecule has 5 heteroatoms. The average molecular weight is 318 g/mol. The number of hydrogen-bond acceptors (Lipinski definition) is 4. The average Bonchev–Trinajstić information content (AvgIpc) is 2.94. The molecule has 3 nitrogen and oxygen atoms in total. The van der Waals surface area contributed by atoms with Gasteiger partial charge in [0.15, 0.2) is 0 Å². The highest BCUT2D eigenvalue weighted by Crippen LogP contribution is 2.30. The molecule has 0 aromatic carbocycles. The number of fused-ring (bicyclic) bond motifs is 1. The maximum absolute atomic E-state index is 12.3. The molecule has 1 aliphatic carbocycles. The molecule has 0 spiro atoms. The number of hydrogen-bond donors (Lipinski definition) is 1. The molecule has 2 heterocycles. The molecule has 0 fully saturated rings. The van der Waals surface area contributed by atoms with E-state index in [1.165, 1.54) is 23.3 Å². The van der Waals surface area contributed by atoms with Crippen LogP contribution >= 0.6 is 23.1 Å². The summed E-state index contributed by atoms with van der Waals surface area (Å²) in [5, 5.41) is 3.92. The number of aryl methyl sites for hydroxylation is 2.